The van der Waals surface area contributed by atoms with E-state index in [9.17, 15) is 13.6 Å². The lowest BCUT2D eigenvalue weighted by Gasteiger charge is -2.37. The minimum Gasteiger partial charge on any atom is -0.375 e. The van der Waals surface area contributed by atoms with Gasteiger partial charge in [-0.25, -0.2) is 13.8 Å². The van der Waals surface area contributed by atoms with Crippen molar-refractivity contribution < 1.29 is 18.3 Å². The summed E-state index contributed by atoms with van der Waals surface area (Å²) in [5, 5.41) is 10.6. The predicted molar refractivity (Wildman–Crippen MR) is 141 cm³/mol. The normalized spacial score (nSPS) is 20.2. The largest absolute Gasteiger partial charge is 0.375 e. The molecule has 0 radical (unpaired) electrons. The number of hydrogen-bond acceptors (Lipinski definition) is 8. The molecule has 0 aromatic carbocycles. The Morgan fingerprint density at radius 3 is 2.71 bits per heavy atom. The third kappa shape index (κ3) is 5.14. The molecule has 5 heterocycles. The monoisotopic (exact) mass is 528 g/mol. The van der Waals surface area contributed by atoms with Crippen molar-refractivity contribution in [3.05, 3.63) is 36.3 Å². The number of hydrogen-bond donors (Lipinski definition) is 3. The van der Waals surface area contributed by atoms with Crippen LogP contribution in [0, 0.1) is 0 Å². The number of methoxy groups -OCH3 is 1. The molecule has 2 aliphatic rings. The maximum Gasteiger partial charge on any atom is 0.290 e. The van der Waals surface area contributed by atoms with Crippen molar-refractivity contribution in [3.63, 3.8) is 0 Å². The SMILES string of the molecule is COC1CCN(c2nccc(Nc3c(C(=O)NC4CCNCC4)c4cnccc4n3C(C)C)n2)CC1(F)F. The van der Waals surface area contributed by atoms with Crippen LogP contribution in [0.25, 0.3) is 10.9 Å². The van der Waals surface area contributed by atoms with E-state index in [1.807, 2.05) is 24.5 Å². The lowest BCUT2D eigenvalue weighted by atomic mass is 10.0. The second-order valence-corrected chi connectivity index (χ2v) is 10.1. The van der Waals surface area contributed by atoms with E-state index in [0.717, 1.165) is 36.8 Å². The number of halogens is 2. The van der Waals surface area contributed by atoms with Gasteiger partial charge in [0.2, 0.25) is 5.95 Å². The van der Waals surface area contributed by atoms with E-state index in [0.29, 0.717) is 23.7 Å². The Balaban J connectivity index is 1.50. The number of pyridine rings is 1. The highest BCUT2D eigenvalue weighted by Crippen LogP contribution is 2.35. The molecule has 3 aromatic heterocycles. The summed E-state index contributed by atoms with van der Waals surface area (Å²) in [4.78, 5) is 28.2. The molecule has 38 heavy (non-hydrogen) atoms. The molecular formula is C26H34F2N8O2. The summed E-state index contributed by atoms with van der Waals surface area (Å²) in [6, 6.07) is 3.64. The number of anilines is 3. The molecule has 1 amide bonds. The molecule has 3 aromatic rings. The zero-order valence-corrected chi connectivity index (χ0v) is 21.9. The number of carbonyl (C=O) groups is 1. The molecule has 1 unspecified atom stereocenters. The number of ether oxygens (including phenoxy) is 1. The van der Waals surface area contributed by atoms with Crippen molar-refractivity contribution in [3.8, 4) is 0 Å². The van der Waals surface area contributed by atoms with Gasteiger partial charge in [0.15, 0.2) is 0 Å². The highest BCUT2D eigenvalue weighted by atomic mass is 19.3. The maximum absolute atomic E-state index is 14.6. The first-order valence-electron chi connectivity index (χ1n) is 13.0. The van der Waals surface area contributed by atoms with Crippen LogP contribution in [0.4, 0.5) is 26.4 Å². The molecule has 0 bridgehead atoms. The van der Waals surface area contributed by atoms with Gasteiger partial charge in [-0.3, -0.25) is 9.78 Å². The summed E-state index contributed by atoms with van der Waals surface area (Å²) < 4.78 is 36.1. The second-order valence-electron chi connectivity index (χ2n) is 10.1. The van der Waals surface area contributed by atoms with Gasteiger partial charge in [-0.2, -0.15) is 4.98 Å². The van der Waals surface area contributed by atoms with E-state index in [-0.39, 0.29) is 30.4 Å². The van der Waals surface area contributed by atoms with Gasteiger partial charge in [0.1, 0.15) is 17.7 Å². The first kappa shape index (κ1) is 26.2. The van der Waals surface area contributed by atoms with Crippen LogP contribution >= 0.6 is 0 Å². The summed E-state index contributed by atoms with van der Waals surface area (Å²) in [6.45, 7) is 5.60. The number of piperidine rings is 2. The van der Waals surface area contributed by atoms with Crippen LogP contribution in [0.2, 0.25) is 0 Å². The van der Waals surface area contributed by atoms with Crippen molar-refractivity contribution in [1.82, 2.24) is 30.2 Å². The fourth-order valence-electron chi connectivity index (χ4n) is 5.34. The third-order valence-electron chi connectivity index (χ3n) is 7.21. The number of rotatable bonds is 7. The first-order chi connectivity index (χ1) is 18.3. The first-order valence-corrected chi connectivity index (χ1v) is 13.0. The molecule has 0 saturated carbocycles. The Bertz CT molecular complexity index is 1290. The molecule has 2 fully saturated rings. The summed E-state index contributed by atoms with van der Waals surface area (Å²) in [5.41, 5.74) is 1.34. The van der Waals surface area contributed by atoms with Crippen LogP contribution in [-0.2, 0) is 4.74 Å². The van der Waals surface area contributed by atoms with E-state index >= 15 is 0 Å². The van der Waals surface area contributed by atoms with E-state index in [1.165, 1.54) is 18.2 Å². The molecule has 12 heteroatoms. The molecule has 10 nitrogen and oxygen atoms in total. The molecule has 1 atom stereocenters. The standard InChI is InChI=1S/C26H34F2N8O2/c1-16(2)36-19-6-11-30-14-18(19)22(24(37)32-17-4-9-29-10-5-17)23(36)33-21-7-12-31-25(34-21)35-13-8-20(38-3)26(27,28)15-35/h6-7,11-12,14,16-17,20,29H,4-5,8-10,13,15H2,1-3H3,(H,32,37)(H,31,33,34). The van der Waals surface area contributed by atoms with Gasteiger partial charge in [-0.05, 0) is 58.3 Å². The van der Waals surface area contributed by atoms with E-state index < -0.39 is 18.6 Å². The summed E-state index contributed by atoms with van der Waals surface area (Å²) in [5.74, 6) is -2.04. The van der Waals surface area contributed by atoms with E-state index in [2.05, 4.69) is 30.9 Å². The Morgan fingerprint density at radius 2 is 2.00 bits per heavy atom. The zero-order chi connectivity index (χ0) is 26.9. The molecule has 0 aliphatic carbocycles. The Hall–Kier alpha value is -3.38. The Morgan fingerprint density at radius 1 is 1.21 bits per heavy atom. The van der Waals surface area contributed by atoms with Crippen molar-refractivity contribution in [2.75, 3.05) is 43.5 Å². The quantitative estimate of drug-likeness (QED) is 0.428. The van der Waals surface area contributed by atoms with Crippen molar-refractivity contribution in [2.45, 2.75) is 57.2 Å². The Labute approximate surface area is 220 Å². The summed E-state index contributed by atoms with van der Waals surface area (Å²) in [7, 11) is 1.30. The van der Waals surface area contributed by atoms with Crippen LogP contribution in [0.5, 0.6) is 0 Å². The smallest absolute Gasteiger partial charge is 0.290 e. The molecule has 0 spiro atoms. The second kappa shape index (κ2) is 10.8. The highest BCUT2D eigenvalue weighted by Gasteiger charge is 2.45. The molecule has 204 valence electrons. The van der Waals surface area contributed by atoms with Crippen LogP contribution < -0.4 is 20.9 Å². The predicted octanol–water partition coefficient (Wildman–Crippen LogP) is 3.49. The van der Waals surface area contributed by atoms with Gasteiger partial charge in [-0.1, -0.05) is 0 Å². The van der Waals surface area contributed by atoms with Gasteiger partial charge < -0.3 is 30.2 Å². The maximum atomic E-state index is 14.6. The lowest BCUT2D eigenvalue weighted by molar-refractivity contribution is -0.129. The topological polar surface area (TPSA) is 109 Å². The van der Waals surface area contributed by atoms with Crippen LogP contribution in [0.15, 0.2) is 30.7 Å². The average Bonchev–Trinajstić information content (AvgIpc) is 3.22. The minimum absolute atomic E-state index is 0.0101. The Kier molecular flexibility index (Phi) is 7.44. The number of nitrogens with one attached hydrogen (secondary N) is 3. The van der Waals surface area contributed by atoms with Gasteiger partial charge in [0.05, 0.1) is 17.6 Å². The number of amides is 1. The number of nitrogens with zero attached hydrogens (tertiary/aromatic N) is 5. The number of aromatic nitrogens is 4. The van der Waals surface area contributed by atoms with Crippen LogP contribution in [0.1, 0.15) is 49.5 Å². The zero-order valence-electron chi connectivity index (χ0n) is 21.9. The number of alkyl halides is 2. The molecule has 3 N–H and O–H groups in total. The summed E-state index contributed by atoms with van der Waals surface area (Å²) >= 11 is 0. The van der Waals surface area contributed by atoms with Crippen molar-refractivity contribution in [1.29, 1.82) is 0 Å². The number of fused-ring (bicyclic) bond motifs is 1. The molecule has 5 rings (SSSR count). The fourth-order valence-corrected chi connectivity index (χ4v) is 5.34. The van der Waals surface area contributed by atoms with Crippen LogP contribution in [-0.4, -0.2) is 76.8 Å². The minimum atomic E-state index is -3.02. The fraction of sp³-hybridized carbons (Fsp3) is 0.538. The highest BCUT2D eigenvalue weighted by molar-refractivity contribution is 6.12. The van der Waals surface area contributed by atoms with Gasteiger partial charge in [0.25, 0.3) is 11.8 Å². The van der Waals surface area contributed by atoms with Crippen LogP contribution in [0.3, 0.4) is 0 Å². The number of carbonyl (C=O) groups excluding carboxylic acids is 1. The van der Waals surface area contributed by atoms with Gasteiger partial charge in [0, 0.05) is 49.7 Å². The lowest BCUT2D eigenvalue weighted by Crippen LogP contribution is -2.52. The average molecular weight is 529 g/mol. The van der Waals surface area contributed by atoms with Crippen molar-refractivity contribution >= 4 is 34.4 Å². The van der Waals surface area contributed by atoms with Crippen molar-refractivity contribution in [2.24, 2.45) is 0 Å². The van der Waals surface area contributed by atoms with Gasteiger partial charge in [-0.15, -0.1) is 0 Å². The third-order valence-corrected chi connectivity index (χ3v) is 7.21. The van der Waals surface area contributed by atoms with E-state index in [4.69, 9.17) is 4.74 Å². The van der Waals surface area contributed by atoms with Gasteiger partial charge >= 0.3 is 0 Å². The molecular weight excluding hydrogens is 494 g/mol. The molecule has 2 saturated heterocycles. The molecule has 2 aliphatic heterocycles. The van der Waals surface area contributed by atoms with E-state index in [1.54, 1.807) is 18.5 Å². The summed E-state index contributed by atoms with van der Waals surface area (Å²) in [6.07, 6.45) is 5.68.